The average molecular weight is 398 g/mol. The second-order valence-corrected chi connectivity index (χ2v) is 9.49. The Hall–Kier alpha value is -1.42. The molecule has 3 nitrogen and oxygen atoms in total. The molecule has 0 radical (unpaired) electrons. The van der Waals surface area contributed by atoms with Crippen molar-refractivity contribution >= 4 is 0 Å². The van der Waals surface area contributed by atoms with Gasteiger partial charge in [-0.05, 0) is 68.4 Å². The highest BCUT2D eigenvalue weighted by Crippen LogP contribution is 2.48. The summed E-state index contributed by atoms with van der Waals surface area (Å²) in [6.45, 7) is 4.67. The number of benzene rings is 1. The van der Waals surface area contributed by atoms with E-state index in [9.17, 15) is 10.2 Å². The van der Waals surface area contributed by atoms with Crippen LogP contribution in [0.15, 0.2) is 48.1 Å². The second kappa shape index (κ2) is 10.1. The first-order valence-corrected chi connectivity index (χ1v) is 11.5. The van der Waals surface area contributed by atoms with E-state index in [4.69, 9.17) is 5.73 Å². The highest BCUT2D eigenvalue weighted by atomic mass is 16.3. The lowest BCUT2D eigenvalue weighted by atomic mass is 9.87. The summed E-state index contributed by atoms with van der Waals surface area (Å²) in [5, 5.41) is 21.1. The number of fused-ring (bicyclic) bond motifs is 1. The summed E-state index contributed by atoms with van der Waals surface area (Å²) in [6, 6.07) is 8.59. The zero-order valence-electron chi connectivity index (χ0n) is 18.2. The first-order chi connectivity index (χ1) is 13.9. The molecule has 2 aliphatic rings. The molecule has 3 rings (SSSR count). The first kappa shape index (κ1) is 22.3. The number of nitrogens with two attached hydrogens (primary N) is 1. The minimum Gasteiger partial charge on any atom is -0.392 e. The van der Waals surface area contributed by atoms with Gasteiger partial charge in [-0.3, -0.25) is 0 Å². The third-order valence-electron chi connectivity index (χ3n) is 6.90. The Kier molecular flexibility index (Phi) is 7.72. The SMILES string of the molecule is CCCC[C@](C)(O)C/C=C/[C@@H]1[C@H]2CC(CCc3cccc(CN)c3)=C[C@H]2C[C@H]1O. The molecule has 1 fully saturated rings. The fourth-order valence-electron chi connectivity index (χ4n) is 5.15. The third kappa shape index (κ3) is 6.04. The zero-order chi connectivity index (χ0) is 20.9. The maximum atomic E-state index is 10.6. The van der Waals surface area contributed by atoms with Crippen LogP contribution < -0.4 is 5.73 Å². The Bertz CT molecular complexity index is 721. The number of unbranched alkanes of at least 4 members (excludes halogenated alkanes) is 1. The highest BCUT2D eigenvalue weighted by Gasteiger charge is 2.43. The van der Waals surface area contributed by atoms with Crippen LogP contribution in [0.5, 0.6) is 0 Å². The molecule has 0 saturated heterocycles. The predicted molar refractivity (Wildman–Crippen MR) is 120 cm³/mol. The van der Waals surface area contributed by atoms with Gasteiger partial charge in [-0.25, -0.2) is 0 Å². The lowest BCUT2D eigenvalue weighted by Crippen LogP contribution is -2.23. The van der Waals surface area contributed by atoms with Gasteiger partial charge in [0.1, 0.15) is 0 Å². The van der Waals surface area contributed by atoms with Crippen molar-refractivity contribution in [2.24, 2.45) is 23.5 Å². The summed E-state index contributed by atoms with van der Waals surface area (Å²) >= 11 is 0. The average Bonchev–Trinajstić information content (AvgIpc) is 3.22. The monoisotopic (exact) mass is 397 g/mol. The van der Waals surface area contributed by atoms with E-state index < -0.39 is 5.60 Å². The van der Waals surface area contributed by atoms with Crippen molar-refractivity contribution in [1.82, 2.24) is 0 Å². The van der Waals surface area contributed by atoms with E-state index in [0.717, 1.165) is 44.9 Å². The molecular weight excluding hydrogens is 358 g/mol. The third-order valence-corrected chi connectivity index (χ3v) is 6.90. The summed E-state index contributed by atoms with van der Waals surface area (Å²) in [5.41, 5.74) is 9.22. The van der Waals surface area contributed by atoms with Gasteiger partial charge in [-0.2, -0.15) is 0 Å². The molecule has 0 bridgehead atoms. The van der Waals surface area contributed by atoms with Crippen LogP contribution in [-0.4, -0.2) is 21.9 Å². The van der Waals surface area contributed by atoms with Crippen molar-refractivity contribution in [3.8, 4) is 0 Å². The molecule has 0 amide bonds. The fraction of sp³-hybridized carbons (Fsp3) is 0.615. The van der Waals surface area contributed by atoms with Crippen molar-refractivity contribution in [3.63, 3.8) is 0 Å². The Morgan fingerprint density at radius 3 is 2.79 bits per heavy atom. The van der Waals surface area contributed by atoms with Crippen molar-refractivity contribution < 1.29 is 10.2 Å². The Morgan fingerprint density at radius 2 is 2.03 bits per heavy atom. The van der Waals surface area contributed by atoms with Crippen LogP contribution in [0.4, 0.5) is 0 Å². The molecular formula is C26H39NO2. The molecule has 2 aliphatic carbocycles. The number of aryl methyl sites for hydroxylation is 1. The molecule has 160 valence electrons. The van der Waals surface area contributed by atoms with E-state index >= 15 is 0 Å². The summed E-state index contributed by atoms with van der Waals surface area (Å²) < 4.78 is 0. The normalized spacial score (nSPS) is 28.5. The van der Waals surface area contributed by atoms with Crippen LogP contribution in [0.25, 0.3) is 0 Å². The molecule has 0 heterocycles. The van der Waals surface area contributed by atoms with E-state index in [-0.39, 0.29) is 12.0 Å². The summed E-state index contributed by atoms with van der Waals surface area (Å²) in [6.07, 6.45) is 14.3. The fourth-order valence-corrected chi connectivity index (χ4v) is 5.15. The van der Waals surface area contributed by atoms with E-state index in [2.05, 4.69) is 49.4 Å². The van der Waals surface area contributed by atoms with Gasteiger partial charge in [-0.15, -0.1) is 0 Å². The van der Waals surface area contributed by atoms with Gasteiger partial charge in [-0.1, -0.05) is 67.8 Å². The van der Waals surface area contributed by atoms with Crippen molar-refractivity contribution in [1.29, 1.82) is 0 Å². The van der Waals surface area contributed by atoms with Gasteiger partial charge in [0.05, 0.1) is 11.7 Å². The van der Waals surface area contributed by atoms with E-state index in [1.165, 1.54) is 11.1 Å². The summed E-state index contributed by atoms with van der Waals surface area (Å²) in [4.78, 5) is 0. The number of hydrogen-bond donors (Lipinski definition) is 3. The van der Waals surface area contributed by atoms with Crippen LogP contribution in [-0.2, 0) is 13.0 Å². The molecule has 1 aromatic carbocycles. The smallest absolute Gasteiger partial charge is 0.0654 e. The Balaban J connectivity index is 1.53. The largest absolute Gasteiger partial charge is 0.392 e. The van der Waals surface area contributed by atoms with Crippen molar-refractivity contribution in [2.75, 3.05) is 0 Å². The van der Waals surface area contributed by atoms with Gasteiger partial charge < -0.3 is 15.9 Å². The topological polar surface area (TPSA) is 66.5 Å². The zero-order valence-corrected chi connectivity index (χ0v) is 18.2. The molecule has 1 saturated carbocycles. The molecule has 4 N–H and O–H groups in total. The number of hydrogen-bond acceptors (Lipinski definition) is 3. The molecule has 3 heteroatoms. The predicted octanol–water partition coefficient (Wildman–Crippen LogP) is 4.91. The highest BCUT2D eigenvalue weighted by molar-refractivity contribution is 5.26. The lowest BCUT2D eigenvalue weighted by Gasteiger charge is -2.22. The Morgan fingerprint density at radius 1 is 1.24 bits per heavy atom. The Labute approximate surface area is 176 Å². The number of rotatable bonds is 10. The molecule has 1 aromatic rings. The summed E-state index contributed by atoms with van der Waals surface area (Å²) in [7, 11) is 0. The number of allylic oxidation sites excluding steroid dienone is 2. The van der Waals surface area contributed by atoms with Gasteiger partial charge in [0.25, 0.3) is 0 Å². The quantitative estimate of drug-likeness (QED) is 0.492. The summed E-state index contributed by atoms with van der Waals surface area (Å²) in [5.74, 6) is 1.24. The standard InChI is InChI=1S/C26H39NO2/c1-3-4-12-26(2,29)13-6-9-23-24-16-20(15-22(24)17-25(23)28)11-10-19-7-5-8-21(14-19)18-27/h5-9,14-15,22-25,28-29H,3-4,10-13,16-18,27H2,1-2H3/b9-6+/t22-,23+,24-,25+,26-/m0/s1. The van der Waals surface area contributed by atoms with Crippen LogP contribution in [0.1, 0.15) is 69.9 Å². The minimum atomic E-state index is -0.632. The van der Waals surface area contributed by atoms with Crippen LogP contribution in [0.3, 0.4) is 0 Å². The van der Waals surface area contributed by atoms with E-state index in [1.807, 2.05) is 6.92 Å². The molecule has 0 spiro atoms. The number of aliphatic hydroxyl groups is 2. The van der Waals surface area contributed by atoms with Gasteiger partial charge in [0.2, 0.25) is 0 Å². The molecule has 5 atom stereocenters. The lowest BCUT2D eigenvalue weighted by molar-refractivity contribution is 0.0513. The van der Waals surface area contributed by atoms with Gasteiger partial charge in [0, 0.05) is 12.5 Å². The molecule has 29 heavy (non-hydrogen) atoms. The first-order valence-electron chi connectivity index (χ1n) is 11.5. The second-order valence-electron chi connectivity index (χ2n) is 9.49. The van der Waals surface area contributed by atoms with Crippen molar-refractivity contribution in [3.05, 3.63) is 59.2 Å². The van der Waals surface area contributed by atoms with Crippen LogP contribution in [0.2, 0.25) is 0 Å². The maximum Gasteiger partial charge on any atom is 0.0654 e. The minimum absolute atomic E-state index is 0.219. The van der Waals surface area contributed by atoms with Crippen LogP contribution in [0, 0.1) is 17.8 Å². The molecule has 0 aliphatic heterocycles. The van der Waals surface area contributed by atoms with Gasteiger partial charge in [0.15, 0.2) is 0 Å². The molecule has 0 unspecified atom stereocenters. The number of aliphatic hydroxyl groups excluding tert-OH is 1. The van der Waals surface area contributed by atoms with Crippen LogP contribution >= 0.6 is 0 Å². The molecule has 0 aromatic heterocycles. The van der Waals surface area contributed by atoms with Crippen molar-refractivity contribution in [2.45, 2.75) is 83.5 Å². The van der Waals surface area contributed by atoms with E-state index in [1.54, 1.807) is 5.57 Å². The van der Waals surface area contributed by atoms with E-state index in [0.29, 0.717) is 24.8 Å². The maximum absolute atomic E-state index is 10.6. The van der Waals surface area contributed by atoms with Gasteiger partial charge >= 0.3 is 0 Å².